The first kappa shape index (κ1) is 30.0. The largest absolute Gasteiger partial charge is 0.342 e. The van der Waals surface area contributed by atoms with Crippen molar-refractivity contribution in [3.8, 4) is 0 Å². The summed E-state index contributed by atoms with van der Waals surface area (Å²) in [4.78, 5) is 54.5. The maximum Gasteiger partial charge on any atom is 0.328 e. The van der Waals surface area contributed by atoms with Crippen LogP contribution in [0.15, 0.2) is 42.1 Å². The van der Waals surface area contributed by atoms with Crippen LogP contribution < -0.4 is 16.0 Å². The summed E-state index contributed by atoms with van der Waals surface area (Å²) in [5.74, 6) is -1.12. The minimum atomic E-state index is -0.830. The lowest BCUT2D eigenvalue weighted by atomic mass is 9.76. The van der Waals surface area contributed by atoms with Crippen LogP contribution in [-0.2, 0) is 19.8 Å². The number of benzene rings is 1. The number of nitrogens with one attached hydrogen (secondary N) is 3. The molecule has 1 aliphatic heterocycles. The van der Waals surface area contributed by atoms with Gasteiger partial charge in [0.25, 0.3) is 5.91 Å². The molecule has 1 fully saturated rings. The molecule has 0 saturated carbocycles. The van der Waals surface area contributed by atoms with Crippen molar-refractivity contribution < 1.29 is 19.2 Å². The molecule has 0 spiro atoms. The molecule has 0 aliphatic carbocycles. The van der Waals surface area contributed by atoms with Gasteiger partial charge in [0.1, 0.15) is 11.7 Å². The quantitative estimate of drug-likeness (QED) is 0.347. The summed E-state index contributed by atoms with van der Waals surface area (Å²) < 4.78 is 0. The summed E-state index contributed by atoms with van der Waals surface area (Å²) in [5.41, 5.74) is 0.0531. The van der Waals surface area contributed by atoms with E-state index in [1.54, 1.807) is 25.1 Å². The number of carbonyl (C=O) groups excluding carboxylic acids is 4. The van der Waals surface area contributed by atoms with Gasteiger partial charge in [0.05, 0.1) is 12.1 Å². The highest BCUT2D eigenvalue weighted by Gasteiger charge is 2.42. The van der Waals surface area contributed by atoms with Crippen LogP contribution >= 0.6 is 0 Å². The van der Waals surface area contributed by atoms with E-state index in [4.69, 9.17) is 0 Å². The number of imide groups is 1. The van der Waals surface area contributed by atoms with Crippen LogP contribution in [0.3, 0.4) is 0 Å². The number of hydrogen-bond acceptors (Lipinski definition) is 5. The maximum atomic E-state index is 13.9. The van der Waals surface area contributed by atoms with Crippen LogP contribution in [0.4, 0.5) is 4.79 Å². The van der Waals surface area contributed by atoms with Crippen molar-refractivity contribution in [3.63, 3.8) is 0 Å². The maximum absolute atomic E-state index is 13.9. The van der Waals surface area contributed by atoms with Gasteiger partial charge in [-0.15, -0.1) is 0 Å². The Morgan fingerprint density at radius 3 is 2.03 bits per heavy atom. The fraction of sp³-hybridized carbons (Fsp3) is 0.571. The lowest BCUT2D eigenvalue weighted by molar-refractivity contribution is -0.141. The van der Waals surface area contributed by atoms with Gasteiger partial charge in [-0.05, 0) is 30.0 Å². The van der Waals surface area contributed by atoms with Crippen molar-refractivity contribution >= 4 is 23.8 Å². The fourth-order valence-corrected chi connectivity index (χ4v) is 4.69. The van der Waals surface area contributed by atoms with E-state index < -0.39 is 40.9 Å². The van der Waals surface area contributed by atoms with Crippen molar-refractivity contribution in [1.82, 2.24) is 25.8 Å². The predicted molar refractivity (Wildman–Crippen MR) is 144 cm³/mol. The second-order valence-corrected chi connectivity index (χ2v) is 11.7. The molecule has 1 aliphatic rings. The molecule has 1 heterocycles. The van der Waals surface area contributed by atoms with E-state index >= 15 is 0 Å². The molecule has 5 amide bonds. The predicted octanol–water partition coefficient (Wildman–Crippen LogP) is 2.63. The third kappa shape index (κ3) is 6.57. The van der Waals surface area contributed by atoms with Crippen LogP contribution in [0.25, 0.3) is 0 Å². The van der Waals surface area contributed by atoms with E-state index in [1.165, 1.54) is 11.9 Å². The van der Waals surface area contributed by atoms with Crippen molar-refractivity contribution in [2.45, 2.75) is 72.0 Å². The van der Waals surface area contributed by atoms with Crippen molar-refractivity contribution in [2.75, 3.05) is 21.1 Å². The Morgan fingerprint density at radius 1 is 1.03 bits per heavy atom. The summed E-state index contributed by atoms with van der Waals surface area (Å²) in [5, 5.41) is 8.42. The van der Waals surface area contributed by atoms with Crippen molar-refractivity contribution in [3.05, 3.63) is 47.7 Å². The number of rotatable bonds is 9. The molecule has 204 valence electrons. The van der Waals surface area contributed by atoms with Gasteiger partial charge in [-0.2, -0.15) is 0 Å². The molecule has 1 aromatic carbocycles. The molecule has 1 saturated heterocycles. The van der Waals surface area contributed by atoms with E-state index in [0.29, 0.717) is 0 Å². The fourth-order valence-electron chi connectivity index (χ4n) is 4.69. The standard InChI is InChI=1S/C28H43N5O4/c1-17(2)19(16-20-23(34)31-26(37)33(20)10)32(9)25(36)22(27(3,4)5)30-24(35)21(29-8)28(6,7)18-14-12-11-13-15-18/h11-17,19,21-22,29H,1-10H3,(H,30,35)(H,31,34,37)/t19-,21-,22-/m1/s1. The SMILES string of the molecule is CN[C@H](C(=O)N[C@H](C(=O)N(C)[C@H](C=C1C(=O)NC(=O)N1C)C(C)C)C(C)(C)C)C(C)(C)c1ccccc1. The van der Waals surface area contributed by atoms with Crippen molar-refractivity contribution in [2.24, 2.45) is 11.3 Å². The normalized spacial score (nSPS) is 18.0. The first-order valence-electron chi connectivity index (χ1n) is 12.6. The highest BCUT2D eigenvalue weighted by molar-refractivity contribution is 6.11. The molecule has 37 heavy (non-hydrogen) atoms. The van der Waals surface area contributed by atoms with Crippen molar-refractivity contribution in [1.29, 1.82) is 0 Å². The summed E-state index contributed by atoms with van der Waals surface area (Å²) in [6.45, 7) is 13.6. The zero-order valence-corrected chi connectivity index (χ0v) is 23.8. The second-order valence-electron chi connectivity index (χ2n) is 11.7. The molecule has 9 nitrogen and oxygen atoms in total. The van der Waals surface area contributed by atoms with Gasteiger partial charge in [0.15, 0.2) is 0 Å². The number of amides is 5. The highest BCUT2D eigenvalue weighted by Crippen LogP contribution is 2.29. The molecule has 0 radical (unpaired) electrons. The summed E-state index contributed by atoms with van der Waals surface area (Å²) >= 11 is 0. The van der Waals surface area contributed by atoms with Gasteiger partial charge >= 0.3 is 6.03 Å². The van der Waals surface area contributed by atoms with Crippen LogP contribution in [0.2, 0.25) is 0 Å². The molecule has 1 aromatic rings. The molecule has 0 unspecified atom stereocenters. The van der Waals surface area contributed by atoms with Crippen LogP contribution in [0.1, 0.15) is 54.0 Å². The highest BCUT2D eigenvalue weighted by atomic mass is 16.2. The average Bonchev–Trinajstić information content (AvgIpc) is 3.05. The van der Waals surface area contributed by atoms with Gasteiger partial charge in [0, 0.05) is 19.5 Å². The minimum Gasteiger partial charge on any atom is -0.342 e. The van der Waals surface area contributed by atoms with E-state index in [0.717, 1.165) is 5.56 Å². The smallest absolute Gasteiger partial charge is 0.328 e. The number of hydrogen-bond donors (Lipinski definition) is 3. The minimum absolute atomic E-state index is 0.0586. The Hall–Kier alpha value is -3.20. The van der Waals surface area contributed by atoms with E-state index in [1.807, 2.05) is 78.8 Å². The molecule has 3 atom stereocenters. The molecule has 3 N–H and O–H groups in total. The van der Waals surface area contributed by atoms with Gasteiger partial charge in [-0.1, -0.05) is 78.8 Å². The first-order chi connectivity index (χ1) is 17.0. The Bertz CT molecular complexity index is 1040. The third-order valence-electron chi connectivity index (χ3n) is 7.12. The van der Waals surface area contributed by atoms with Crippen LogP contribution in [0.5, 0.6) is 0 Å². The van der Waals surface area contributed by atoms with Gasteiger partial charge in [0.2, 0.25) is 11.8 Å². The monoisotopic (exact) mass is 513 g/mol. The summed E-state index contributed by atoms with van der Waals surface area (Å²) in [6, 6.07) is 7.37. The van der Waals surface area contributed by atoms with Gasteiger partial charge in [-0.25, -0.2) is 4.79 Å². The number of likely N-dealkylation sites (N-methyl/N-ethyl adjacent to an activating group) is 3. The van der Waals surface area contributed by atoms with E-state index in [-0.39, 0.29) is 23.4 Å². The number of carbonyl (C=O) groups is 4. The lowest BCUT2D eigenvalue weighted by Gasteiger charge is -2.40. The van der Waals surface area contributed by atoms with Gasteiger partial charge in [-0.3, -0.25) is 24.6 Å². The Balaban J connectivity index is 2.37. The number of nitrogens with zero attached hydrogens (tertiary/aromatic N) is 2. The lowest BCUT2D eigenvalue weighted by Crippen LogP contribution is -2.61. The van der Waals surface area contributed by atoms with Crippen LogP contribution in [-0.4, -0.2) is 72.8 Å². The molecule has 2 rings (SSSR count). The molecular weight excluding hydrogens is 470 g/mol. The zero-order valence-electron chi connectivity index (χ0n) is 23.8. The molecule has 9 heteroatoms. The Kier molecular flexibility index (Phi) is 9.30. The molecular formula is C28H43N5O4. The van der Waals surface area contributed by atoms with Crippen LogP contribution in [0, 0.1) is 11.3 Å². The van der Waals surface area contributed by atoms with E-state index in [9.17, 15) is 19.2 Å². The number of urea groups is 1. The summed E-state index contributed by atoms with van der Waals surface area (Å²) in [7, 11) is 4.91. The molecule has 0 aromatic heterocycles. The second kappa shape index (κ2) is 11.5. The first-order valence-corrected chi connectivity index (χ1v) is 12.6. The Labute approximate surface area is 221 Å². The average molecular weight is 514 g/mol. The van der Waals surface area contributed by atoms with Gasteiger partial charge < -0.3 is 15.5 Å². The third-order valence-corrected chi connectivity index (χ3v) is 7.12. The summed E-state index contributed by atoms with van der Waals surface area (Å²) in [6.07, 6.45) is 1.64. The van der Waals surface area contributed by atoms with E-state index in [2.05, 4.69) is 16.0 Å². The zero-order chi connectivity index (χ0) is 28.3. The topological polar surface area (TPSA) is 111 Å². The Morgan fingerprint density at radius 2 is 1.59 bits per heavy atom. The molecule has 0 bridgehead atoms.